The number of aromatic amines is 1. The van der Waals surface area contributed by atoms with Crippen LogP contribution >= 0.6 is 35.3 Å². The quantitative estimate of drug-likeness (QED) is 0.281. The van der Waals surface area contributed by atoms with E-state index in [1.165, 1.54) is 4.88 Å². The lowest BCUT2D eigenvalue weighted by molar-refractivity contribution is 0.577. The van der Waals surface area contributed by atoms with Gasteiger partial charge in [-0.3, -0.25) is 5.10 Å². The highest BCUT2D eigenvalue weighted by atomic mass is 127. The number of nitrogens with zero attached hydrogens (tertiary/aromatic N) is 4. The summed E-state index contributed by atoms with van der Waals surface area (Å²) >= 11 is 1.70. The summed E-state index contributed by atoms with van der Waals surface area (Å²) in [6.07, 6.45) is 1.60. The van der Waals surface area contributed by atoms with Gasteiger partial charge in [-0.2, -0.15) is 0 Å². The fourth-order valence-corrected chi connectivity index (χ4v) is 3.03. The molecule has 0 aliphatic carbocycles. The highest BCUT2D eigenvalue weighted by Crippen LogP contribution is 2.16. The highest BCUT2D eigenvalue weighted by Gasteiger charge is 2.08. The van der Waals surface area contributed by atoms with E-state index in [2.05, 4.69) is 42.7 Å². The average Bonchev–Trinajstić information content (AvgIpc) is 3.32. The summed E-state index contributed by atoms with van der Waals surface area (Å²) in [5.74, 6) is 2.54. The number of aryl methyl sites for hydroxylation is 2. The summed E-state index contributed by atoms with van der Waals surface area (Å²) in [7, 11) is 0. The summed E-state index contributed by atoms with van der Waals surface area (Å²) in [4.78, 5) is 14.7. The lowest BCUT2D eigenvalue weighted by Crippen LogP contribution is -2.36. The van der Waals surface area contributed by atoms with Crippen LogP contribution in [-0.4, -0.2) is 32.7 Å². The normalized spacial score (nSPS) is 11.3. The van der Waals surface area contributed by atoms with E-state index < -0.39 is 0 Å². The van der Waals surface area contributed by atoms with Gasteiger partial charge in [0.25, 0.3) is 0 Å². The first kappa shape index (κ1) is 20.4. The van der Waals surface area contributed by atoms with Crippen LogP contribution in [0.1, 0.15) is 28.3 Å². The summed E-state index contributed by atoms with van der Waals surface area (Å²) < 4.78 is 5.28. The number of aliphatic imine (C=N–C) groups is 1. The molecule has 0 spiro atoms. The average molecular weight is 487 g/mol. The largest absolute Gasteiger partial charge is 0.461 e. The van der Waals surface area contributed by atoms with Gasteiger partial charge in [0.05, 0.1) is 18.5 Å². The van der Waals surface area contributed by atoms with Crippen molar-refractivity contribution in [2.24, 2.45) is 4.99 Å². The van der Waals surface area contributed by atoms with Crippen molar-refractivity contribution in [1.82, 2.24) is 30.8 Å². The van der Waals surface area contributed by atoms with E-state index in [1.807, 2.05) is 19.9 Å². The van der Waals surface area contributed by atoms with Crippen molar-refractivity contribution < 1.29 is 4.42 Å². The molecule has 140 valence electrons. The molecular formula is C16H22IN7OS. The van der Waals surface area contributed by atoms with Crippen molar-refractivity contribution in [3.05, 3.63) is 39.8 Å². The maximum absolute atomic E-state index is 5.28. The Hall–Kier alpha value is -1.95. The molecule has 3 rings (SSSR count). The van der Waals surface area contributed by atoms with Gasteiger partial charge in [-0.15, -0.1) is 40.4 Å². The molecule has 0 unspecified atom stereocenters. The van der Waals surface area contributed by atoms with Crippen LogP contribution in [0, 0.1) is 13.8 Å². The maximum Gasteiger partial charge on any atom is 0.216 e. The third kappa shape index (κ3) is 5.27. The molecule has 0 saturated heterocycles. The molecule has 0 amide bonds. The first-order valence-corrected chi connectivity index (χ1v) is 8.87. The SMILES string of the molecule is CCNC(=NCc1nc(-c2ccco2)n[nH]1)NCc1nc(C)c(C)s1.I. The Labute approximate surface area is 173 Å². The fourth-order valence-electron chi connectivity index (χ4n) is 2.15. The van der Waals surface area contributed by atoms with E-state index in [9.17, 15) is 0 Å². The number of H-pyrrole nitrogens is 1. The molecular weight excluding hydrogens is 465 g/mol. The number of aromatic nitrogens is 4. The number of rotatable bonds is 6. The van der Waals surface area contributed by atoms with Gasteiger partial charge in [-0.25, -0.2) is 15.0 Å². The number of guanidine groups is 1. The minimum atomic E-state index is 0. The molecule has 0 saturated carbocycles. The Bertz CT molecular complexity index is 821. The smallest absolute Gasteiger partial charge is 0.216 e. The van der Waals surface area contributed by atoms with Gasteiger partial charge in [0.2, 0.25) is 5.82 Å². The third-order valence-electron chi connectivity index (χ3n) is 3.48. The summed E-state index contributed by atoms with van der Waals surface area (Å²) in [5.41, 5.74) is 1.08. The summed E-state index contributed by atoms with van der Waals surface area (Å²) in [6.45, 7) is 7.93. The summed E-state index contributed by atoms with van der Waals surface area (Å²) in [6, 6.07) is 3.62. The van der Waals surface area contributed by atoms with Gasteiger partial charge >= 0.3 is 0 Å². The molecule has 0 fully saturated rings. The van der Waals surface area contributed by atoms with E-state index in [0.29, 0.717) is 36.5 Å². The zero-order valence-electron chi connectivity index (χ0n) is 14.9. The summed E-state index contributed by atoms with van der Waals surface area (Å²) in [5, 5.41) is 14.6. The number of nitrogens with one attached hydrogen (secondary N) is 3. The van der Waals surface area contributed by atoms with E-state index in [-0.39, 0.29) is 24.0 Å². The van der Waals surface area contributed by atoms with E-state index >= 15 is 0 Å². The van der Waals surface area contributed by atoms with Crippen LogP contribution in [0.25, 0.3) is 11.6 Å². The number of hydrogen-bond donors (Lipinski definition) is 3. The number of hydrogen-bond acceptors (Lipinski definition) is 6. The van der Waals surface area contributed by atoms with Crippen molar-refractivity contribution in [2.45, 2.75) is 33.9 Å². The van der Waals surface area contributed by atoms with Crippen molar-refractivity contribution in [3.8, 4) is 11.6 Å². The van der Waals surface area contributed by atoms with Crippen LogP contribution in [0.15, 0.2) is 27.8 Å². The van der Waals surface area contributed by atoms with E-state index in [4.69, 9.17) is 4.42 Å². The fraction of sp³-hybridized carbons (Fsp3) is 0.375. The van der Waals surface area contributed by atoms with Crippen LogP contribution < -0.4 is 10.6 Å². The predicted molar refractivity (Wildman–Crippen MR) is 113 cm³/mol. The van der Waals surface area contributed by atoms with Crippen LogP contribution in [0.4, 0.5) is 0 Å². The van der Waals surface area contributed by atoms with Crippen molar-refractivity contribution >= 4 is 41.3 Å². The minimum absolute atomic E-state index is 0. The molecule has 0 aliphatic rings. The second-order valence-corrected chi connectivity index (χ2v) is 6.67. The molecule has 0 aromatic carbocycles. The molecule has 8 nitrogen and oxygen atoms in total. The van der Waals surface area contributed by atoms with Crippen LogP contribution in [0.5, 0.6) is 0 Å². The molecule has 26 heavy (non-hydrogen) atoms. The Kier molecular flexibility index (Phi) is 7.57. The molecule has 3 aromatic rings. The van der Waals surface area contributed by atoms with Crippen LogP contribution in [0.2, 0.25) is 0 Å². The van der Waals surface area contributed by atoms with Gasteiger partial charge in [0.15, 0.2) is 11.7 Å². The first-order chi connectivity index (χ1) is 12.2. The molecule has 0 atom stereocenters. The standard InChI is InChI=1S/C16H21N7OS.HI/c1-4-17-16(19-9-14-20-10(2)11(3)25-14)18-8-13-21-15(23-22-13)12-6-5-7-24-12;/h5-7H,4,8-9H2,1-3H3,(H2,17,18,19)(H,21,22,23);1H. The molecule has 3 aromatic heterocycles. The molecule has 10 heteroatoms. The monoisotopic (exact) mass is 487 g/mol. The third-order valence-corrected chi connectivity index (χ3v) is 4.56. The first-order valence-electron chi connectivity index (χ1n) is 8.06. The van der Waals surface area contributed by atoms with E-state index in [1.54, 1.807) is 23.7 Å². The molecule has 3 N–H and O–H groups in total. The van der Waals surface area contributed by atoms with E-state index in [0.717, 1.165) is 17.2 Å². The topological polar surface area (TPSA) is 104 Å². The Balaban J connectivity index is 0.00000243. The van der Waals surface area contributed by atoms with Gasteiger partial charge in [0.1, 0.15) is 17.4 Å². The van der Waals surface area contributed by atoms with Gasteiger partial charge in [-0.05, 0) is 32.9 Å². The zero-order valence-corrected chi connectivity index (χ0v) is 18.0. The van der Waals surface area contributed by atoms with Crippen molar-refractivity contribution in [2.75, 3.05) is 6.54 Å². The van der Waals surface area contributed by atoms with Crippen molar-refractivity contribution in [1.29, 1.82) is 0 Å². The Morgan fingerprint density at radius 3 is 2.81 bits per heavy atom. The molecule has 0 aliphatic heterocycles. The Morgan fingerprint density at radius 2 is 2.15 bits per heavy atom. The lowest BCUT2D eigenvalue weighted by atomic mass is 10.4. The lowest BCUT2D eigenvalue weighted by Gasteiger charge is -2.09. The van der Waals surface area contributed by atoms with Gasteiger partial charge in [0, 0.05) is 11.4 Å². The highest BCUT2D eigenvalue weighted by molar-refractivity contribution is 14.0. The molecule has 0 radical (unpaired) electrons. The van der Waals surface area contributed by atoms with Gasteiger partial charge in [-0.1, -0.05) is 0 Å². The number of furan rings is 1. The van der Waals surface area contributed by atoms with Crippen molar-refractivity contribution in [3.63, 3.8) is 0 Å². The Morgan fingerprint density at radius 1 is 1.31 bits per heavy atom. The number of thiazole rings is 1. The van der Waals surface area contributed by atoms with Gasteiger partial charge < -0.3 is 15.1 Å². The maximum atomic E-state index is 5.28. The molecule has 3 heterocycles. The molecule has 0 bridgehead atoms. The predicted octanol–water partition coefficient (Wildman–Crippen LogP) is 3.01. The van der Waals surface area contributed by atoms with Crippen LogP contribution in [0.3, 0.4) is 0 Å². The second-order valence-electron chi connectivity index (χ2n) is 5.38. The van der Waals surface area contributed by atoms with Crippen LogP contribution in [-0.2, 0) is 13.1 Å². The minimum Gasteiger partial charge on any atom is -0.461 e. The number of halogens is 1. The zero-order chi connectivity index (χ0) is 17.6. The second kappa shape index (κ2) is 9.67.